The van der Waals surface area contributed by atoms with Crippen LogP contribution in [0.5, 0.6) is 0 Å². The summed E-state index contributed by atoms with van der Waals surface area (Å²) >= 11 is 2.18. The predicted molar refractivity (Wildman–Crippen MR) is 105 cm³/mol. The Morgan fingerprint density at radius 1 is 1.18 bits per heavy atom. The highest BCUT2D eigenvalue weighted by molar-refractivity contribution is 14.0. The van der Waals surface area contributed by atoms with E-state index in [0.717, 1.165) is 38.3 Å². The highest BCUT2D eigenvalue weighted by Gasteiger charge is 2.39. The van der Waals surface area contributed by atoms with Crippen LogP contribution in [0.3, 0.4) is 0 Å². The standard InChI is InChI=1S/C16H29N3OS.HI/c1-17-14(18-12-15(20)6-5-7-15)19-10-11-21-16(13-19)8-3-2-4-9-16;/h20H,2-13H2,1H3,(H,17,18);1H. The average molecular weight is 439 g/mol. The maximum atomic E-state index is 10.3. The quantitative estimate of drug-likeness (QED) is 0.395. The zero-order valence-electron chi connectivity index (χ0n) is 13.6. The number of rotatable bonds is 2. The van der Waals surface area contributed by atoms with Gasteiger partial charge in [0, 0.05) is 37.2 Å². The minimum atomic E-state index is -0.483. The Balaban J connectivity index is 0.00000176. The Hall–Kier alpha value is 0.310. The minimum absolute atomic E-state index is 0. The SMILES string of the molecule is CN=C(NCC1(O)CCC1)N1CCSC2(CCCCC2)C1.I. The van der Waals surface area contributed by atoms with Gasteiger partial charge in [-0.3, -0.25) is 4.99 Å². The molecule has 128 valence electrons. The highest BCUT2D eigenvalue weighted by atomic mass is 127. The Morgan fingerprint density at radius 3 is 2.50 bits per heavy atom. The molecule has 3 fully saturated rings. The molecule has 0 aromatic rings. The van der Waals surface area contributed by atoms with E-state index in [1.807, 2.05) is 7.05 Å². The molecule has 1 aliphatic heterocycles. The lowest BCUT2D eigenvalue weighted by atomic mass is 9.80. The summed E-state index contributed by atoms with van der Waals surface area (Å²) < 4.78 is 0.460. The van der Waals surface area contributed by atoms with Crippen LogP contribution in [0.25, 0.3) is 0 Å². The summed E-state index contributed by atoms with van der Waals surface area (Å²) in [5.41, 5.74) is -0.483. The van der Waals surface area contributed by atoms with Gasteiger partial charge in [0.2, 0.25) is 0 Å². The fourth-order valence-electron chi connectivity index (χ4n) is 3.86. The number of hydrogen-bond donors (Lipinski definition) is 2. The van der Waals surface area contributed by atoms with E-state index in [1.54, 1.807) is 0 Å². The summed E-state index contributed by atoms with van der Waals surface area (Å²) in [6.07, 6.45) is 9.89. The molecule has 6 heteroatoms. The van der Waals surface area contributed by atoms with E-state index in [4.69, 9.17) is 0 Å². The second kappa shape index (κ2) is 7.92. The molecular weight excluding hydrogens is 409 g/mol. The lowest BCUT2D eigenvalue weighted by Gasteiger charge is -2.46. The number of nitrogens with zero attached hydrogens (tertiary/aromatic N) is 2. The van der Waals surface area contributed by atoms with Crippen LogP contribution in [0, 0.1) is 0 Å². The predicted octanol–water partition coefficient (Wildman–Crippen LogP) is 2.85. The van der Waals surface area contributed by atoms with E-state index >= 15 is 0 Å². The molecule has 2 saturated carbocycles. The van der Waals surface area contributed by atoms with Crippen molar-refractivity contribution in [3.8, 4) is 0 Å². The first-order chi connectivity index (χ1) is 10.1. The van der Waals surface area contributed by atoms with Gasteiger partial charge in [-0.2, -0.15) is 11.8 Å². The molecule has 0 unspecified atom stereocenters. The van der Waals surface area contributed by atoms with Crippen LogP contribution < -0.4 is 5.32 Å². The van der Waals surface area contributed by atoms with Gasteiger partial charge in [-0.25, -0.2) is 0 Å². The number of thioether (sulfide) groups is 1. The molecule has 4 nitrogen and oxygen atoms in total. The van der Waals surface area contributed by atoms with Gasteiger partial charge in [0.05, 0.1) is 5.60 Å². The van der Waals surface area contributed by atoms with Gasteiger partial charge < -0.3 is 15.3 Å². The van der Waals surface area contributed by atoms with Crippen LogP contribution in [0.2, 0.25) is 0 Å². The molecule has 3 rings (SSSR count). The monoisotopic (exact) mass is 439 g/mol. The summed E-state index contributed by atoms with van der Waals surface area (Å²) in [6.45, 7) is 2.84. The molecule has 2 aliphatic carbocycles. The van der Waals surface area contributed by atoms with Crippen LogP contribution in [-0.4, -0.2) is 58.7 Å². The summed E-state index contributed by atoms with van der Waals surface area (Å²) in [6, 6.07) is 0. The molecule has 0 bridgehead atoms. The molecule has 1 saturated heterocycles. The molecule has 0 radical (unpaired) electrons. The van der Waals surface area contributed by atoms with Gasteiger partial charge in [-0.05, 0) is 32.1 Å². The van der Waals surface area contributed by atoms with E-state index < -0.39 is 5.60 Å². The third-order valence-corrected chi connectivity index (χ3v) is 6.92. The Bertz CT molecular complexity index is 389. The second-order valence-corrected chi connectivity index (χ2v) is 8.56. The highest BCUT2D eigenvalue weighted by Crippen LogP contribution is 2.42. The molecule has 0 aromatic heterocycles. The van der Waals surface area contributed by atoms with Crippen molar-refractivity contribution in [3.63, 3.8) is 0 Å². The van der Waals surface area contributed by atoms with Crippen molar-refractivity contribution in [2.45, 2.75) is 61.7 Å². The van der Waals surface area contributed by atoms with Crippen LogP contribution >= 0.6 is 35.7 Å². The number of aliphatic hydroxyl groups is 1. The van der Waals surface area contributed by atoms with E-state index in [9.17, 15) is 5.11 Å². The molecule has 0 aromatic carbocycles. The van der Waals surface area contributed by atoms with Crippen LogP contribution in [-0.2, 0) is 0 Å². The van der Waals surface area contributed by atoms with Crippen molar-refractivity contribution in [1.82, 2.24) is 10.2 Å². The van der Waals surface area contributed by atoms with Crippen LogP contribution in [0.1, 0.15) is 51.4 Å². The van der Waals surface area contributed by atoms with Gasteiger partial charge in [0.25, 0.3) is 0 Å². The van der Waals surface area contributed by atoms with Crippen molar-refractivity contribution in [2.75, 3.05) is 32.4 Å². The average Bonchev–Trinajstić information content (AvgIpc) is 2.47. The smallest absolute Gasteiger partial charge is 0.193 e. The van der Waals surface area contributed by atoms with E-state index in [-0.39, 0.29) is 24.0 Å². The van der Waals surface area contributed by atoms with Crippen molar-refractivity contribution >= 4 is 41.7 Å². The maximum Gasteiger partial charge on any atom is 0.193 e. The summed E-state index contributed by atoms with van der Waals surface area (Å²) in [5, 5.41) is 13.7. The molecule has 3 aliphatic rings. The number of nitrogens with one attached hydrogen (secondary N) is 1. The molecule has 1 heterocycles. The van der Waals surface area contributed by atoms with Crippen molar-refractivity contribution < 1.29 is 5.11 Å². The lowest BCUT2D eigenvalue weighted by Crippen LogP contribution is -2.56. The topological polar surface area (TPSA) is 47.9 Å². The fourth-order valence-corrected chi connectivity index (χ4v) is 5.43. The normalized spacial score (nSPS) is 27.0. The summed E-state index contributed by atoms with van der Waals surface area (Å²) in [5.74, 6) is 2.19. The van der Waals surface area contributed by atoms with Gasteiger partial charge in [0.1, 0.15) is 0 Å². The third-order valence-electron chi connectivity index (χ3n) is 5.38. The van der Waals surface area contributed by atoms with Crippen molar-refractivity contribution in [3.05, 3.63) is 0 Å². The summed E-state index contributed by atoms with van der Waals surface area (Å²) in [7, 11) is 1.86. The number of hydrogen-bond acceptors (Lipinski definition) is 3. The maximum absolute atomic E-state index is 10.3. The van der Waals surface area contributed by atoms with E-state index in [1.165, 1.54) is 37.9 Å². The lowest BCUT2D eigenvalue weighted by molar-refractivity contribution is -0.0283. The largest absolute Gasteiger partial charge is 0.388 e. The zero-order chi connectivity index (χ0) is 14.8. The molecular formula is C16H30IN3OS. The molecule has 22 heavy (non-hydrogen) atoms. The van der Waals surface area contributed by atoms with Crippen LogP contribution in [0.4, 0.5) is 0 Å². The Kier molecular flexibility index (Phi) is 6.71. The first-order valence-corrected chi connectivity index (χ1v) is 9.45. The first kappa shape index (κ1) is 18.6. The Labute approximate surface area is 155 Å². The van der Waals surface area contributed by atoms with Gasteiger partial charge in [0.15, 0.2) is 5.96 Å². The van der Waals surface area contributed by atoms with E-state index in [2.05, 4.69) is 27.0 Å². The van der Waals surface area contributed by atoms with Gasteiger partial charge >= 0.3 is 0 Å². The Morgan fingerprint density at radius 2 is 1.91 bits per heavy atom. The first-order valence-electron chi connectivity index (χ1n) is 8.47. The molecule has 1 spiro atoms. The summed E-state index contributed by atoms with van der Waals surface area (Å²) in [4.78, 5) is 6.88. The second-order valence-electron chi connectivity index (χ2n) is 6.99. The van der Waals surface area contributed by atoms with Crippen molar-refractivity contribution in [1.29, 1.82) is 0 Å². The van der Waals surface area contributed by atoms with E-state index in [0.29, 0.717) is 11.3 Å². The molecule has 0 atom stereocenters. The third kappa shape index (κ3) is 4.23. The van der Waals surface area contributed by atoms with Gasteiger partial charge in [-0.15, -0.1) is 24.0 Å². The molecule has 2 N–H and O–H groups in total. The fraction of sp³-hybridized carbons (Fsp3) is 0.938. The number of guanidine groups is 1. The minimum Gasteiger partial charge on any atom is -0.388 e. The number of halogens is 1. The van der Waals surface area contributed by atoms with Crippen LogP contribution in [0.15, 0.2) is 4.99 Å². The number of aliphatic imine (C=N–C) groups is 1. The van der Waals surface area contributed by atoms with Gasteiger partial charge in [-0.1, -0.05) is 19.3 Å². The molecule has 0 amide bonds. The zero-order valence-corrected chi connectivity index (χ0v) is 16.8. The van der Waals surface area contributed by atoms with Crippen molar-refractivity contribution in [2.24, 2.45) is 4.99 Å².